The van der Waals surface area contributed by atoms with Crippen molar-refractivity contribution in [3.05, 3.63) is 93.9 Å². The van der Waals surface area contributed by atoms with Crippen LogP contribution >= 0.6 is 11.3 Å². The maximum absolute atomic E-state index is 13.8. The van der Waals surface area contributed by atoms with Gasteiger partial charge in [0.1, 0.15) is 11.9 Å². The first-order valence-electron chi connectivity index (χ1n) is 9.82. The van der Waals surface area contributed by atoms with Gasteiger partial charge < -0.3 is 4.90 Å². The van der Waals surface area contributed by atoms with Gasteiger partial charge in [0.25, 0.3) is 0 Å². The molecule has 0 unspecified atom stereocenters. The smallest absolute Gasteiger partial charge is 0.195 e. The molecule has 2 aromatic carbocycles. The van der Waals surface area contributed by atoms with Crippen molar-refractivity contribution >= 4 is 28.9 Å². The quantitative estimate of drug-likeness (QED) is 0.543. The molecule has 31 heavy (non-hydrogen) atoms. The average molecular weight is 425 g/mol. The SMILES string of the molecule is N#CC1(C#N)[C@H](c2ccc(F)cc2)[C@H](C(=O)c2cccs2)N2c3ccccc3C=C[C@H]21. The van der Waals surface area contributed by atoms with Gasteiger partial charge in [-0.2, -0.15) is 10.5 Å². The number of hydrogen-bond acceptors (Lipinski definition) is 5. The molecule has 0 N–H and O–H groups in total. The lowest BCUT2D eigenvalue weighted by atomic mass is 9.69. The molecular formula is C25H16FN3OS. The normalized spacial score (nSPS) is 22.8. The first-order valence-corrected chi connectivity index (χ1v) is 10.7. The van der Waals surface area contributed by atoms with E-state index in [1.54, 1.807) is 18.2 Å². The number of rotatable bonds is 3. The van der Waals surface area contributed by atoms with Gasteiger partial charge in [-0.15, -0.1) is 11.3 Å². The molecule has 3 heterocycles. The minimum atomic E-state index is -1.51. The summed E-state index contributed by atoms with van der Waals surface area (Å²) in [6.07, 6.45) is 3.74. The van der Waals surface area contributed by atoms with E-state index in [-0.39, 0.29) is 5.78 Å². The molecule has 4 nitrogen and oxygen atoms in total. The van der Waals surface area contributed by atoms with Crippen molar-refractivity contribution in [1.29, 1.82) is 10.5 Å². The zero-order valence-corrected chi connectivity index (χ0v) is 17.1. The third-order valence-electron chi connectivity index (χ3n) is 6.18. The lowest BCUT2D eigenvalue weighted by molar-refractivity contribution is 0.0955. The van der Waals surface area contributed by atoms with Crippen LogP contribution in [0.2, 0.25) is 0 Å². The van der Waals surface area contributed by atoms with Crippen molar-refractivity contribution in [3.8, 4) is 12.1 Å². The van der Waals surface area contributed by atoms with Crippen molar-refractivity contribution in [3.63, 3.8) is 0 Å². The third kappa shape index (κ3) is 2.73. The van der Waals surface area contributed by atoms with Gasteiger partial charge in [0.2, 0.25) is 0 Å². The summed E-state index contributed by atoms with van der Waals surface area (Å²) in [5.41, 5.74) is 0.816. The van der Waals surface area contributed by atoms with Crippen LogP contribution in [-0.2, 0) is 0 Å². The third-order valence-corrected chi connectivity index (χ3v) is 7.06. The summed E-state index contributed by atoms with van der Waals surface area (Å²) in [6.45, 7) is 0. The summed E-state index contributed by atoms with van der Waals surface area (Å²) in [4.78, 5) is 16.3. The van der Waals surface area contributed by atoms with E-state index in [1.807, 2.05) is 52.8 Å². The van der Waals surface area contributed by atoms with Crippen molar-refractivity contribution in [2.45, 2.75) is 18.0 Å². The zero-order valence-electron chi connectivity index (χ0n) is 16.3. The molecule has 0 aliphatic carbocycles. The van der Waals surface area contributed by atoms with Gasteiger partial charge in [-0.1, -0.05) is 48.6 Å². The lowest BCUT2D eigenvalue weighted by Crippen LogP contribution is -2.44. The van der Waals surface area contributed by atoms with Crippen molar-refractivity contribution in [1.82, 2.24) is 0 Å². The summed E-state index contributed by atoms with van der Waals surface area (Å²) >= 11 is 1.33. The largest absolute Gasteiger partial charge is 0.351 e. The Kier molecular flexibility index (Phi) is 4.46. The number of halogens is 1. The molecule has 1 aromatic heterocycles. The fourth-order valence-corrected chi connectivity index (χ4v) is 5.54. The van der Waals surface area contributed by atoms with Gasteiger partial charge in [-0.05, 0) is 40.8 Å². The Labute approximate surface area is 183 Å². The highest BCUT2D eigenvalue weighted by molar-refractivity contribution is 7.12. The average Bonchev–Trinajstić information content (AvgIpc) is 3.44. The van der Waals surface area contributed by atoms with Crippen LogP contribution in [-0.4, -0.2) is 17.9 Å². The number of hydrogen-bond donors (Lipinski definition) is 0. The van der Waals surface area contributed by atoms with Crippen LogP contribution in [0.1, 0.15) is 26.7 Å². The molecule has 0 saturated carbocycles. The minimum Gasteiger partial charge on any atom is -0.351 e. The molecule has 150 valence electrons. The second-order valence-electron chi connectivity index (χ2n) is 7.68. The summed E-state index contributed by atoms with van der Waals surface area (Å²) < 4.78 is 13.7. The Morgan fingerprint density at radius 1 is 1.03 bits per heavy atom. The van der Waals surface area contributed by atoms with Crippen LogP contribution in [0.3, 0.4) is 0 Å². The highest BCUT2D eigenvalue weighted by Gasteiger charge is 2.63. The van der Waals surface area contributed by atoms with E-state index in [0.717, 1.165) is 11.3 Å². The molecule has 0 bridgehead atoms. The molecule has 1 fully saturated rings. The van der Waals surface area contributed by atoms with E-state index in [4.69, 9.17) is 0 Å². The van der Waals surface area contributed by atoms with Crippen LogP contribution in [0.15, 0.2) is 72.1 Å². The first kappa shape index (κ1) is 19.2. The molecule has 0 spiro atoms. The molecule has 1 saturated heterocycles. The summed E-state index contributed by atoms with van der Waals surface area (Å²) in [6, 6.07) is 20.1. The fraction of sp³-hybridized carbons (Fsp3) is 0.160. The van der Waals surface area contributed by atoms with E-state index >= 15 is 0 Å². The number of carbonyl (C=O) groups excluding carboxylic acids is 1. The van der Waals surface area contributed by atoms with Gasteiger partial charge in [-0.3, -0.25) is 4.79 Å². The molecule has 0 amide bonds. The van der Waals surface area contributed by atoms with E-state index in [0.29, 0.717) is 10.4 Å². The van der Waals surface area contributed by atoms with Gasteiger partial charge in [0.15, 0.2) is 11.2 Å². The van der Waals surface area contributed by atoms with Crippen molar-refractivity contribution in [2.75, 3.05) is 4.90 Å². The number of thiophene rings is 1. The van der Waals surface area contributed by atoms with Crippen LogP contribution in [0.25, 0.3) is 6.08 Å². The number of fused-ring (bicyclic) bond motifs is 3. The predicted molar refractivity (Wildman–Crippen MR) is 117 cm³/mol. The Morgan fingerprint density at radius 3 is 2.45 bits per heavy atom. The molecule has 5 rings (SSSR count). The molecule has 3 aromatic rings. The number of nitriles is 2. The lowest BCUT2D eigenvalue weighted by Gasteiger charge is -2.35. The number of anilines is 1. The highest BCUT2D eigenvalue weighted by Crippen LogP contribution is 2.55. The van der Waals surface area contributed by atoms with Crippen molar-refractivity contribution in [2.24, 2.45) is 5.41 Å². The van der Waals surface area contributed by atoms with E-state index in [9.17, 15) is 19.7 Å². The molecule has 2 aliphatic heterocycles. The number of carbonyl (C=O) groups is 1. The Morgan fingerprint density at radius 2 is 1.77 bits per heavy atom. The molecule has 3 atom stereocenters. The number of para-hydroxylation sites is 1. The van der Waals surface area contributed by atoms with Gasteiger partial charge in [0.05, 0.1) is 23.1 Å². The summed E-state index contributed by atoms with van der Waals surface area (Å²) in [5, 5.41) is 22.4. The zero-order chi connectivity index (χ0) is 21.6. The molecule has 6 heteroatoms. The molecule has 2 aliphatic rings. The second-order valence-corrected chi connectivity index (χ2v) is 8.63. The second kappa shape index (κ2) is 7.19. The highest BCUT2D eigenvalue weighted by atomic mass is 32.1. The standard InChI is InChI=1S/C25H16FN3OS/c26-18-10-7-17(8-11-18)22-23(24(30)20-6-3-13-31-20)29-19-5-2-1-4-16(19)9-12-21(29)25(22,14-27)15-28/h1-13,21-23H/t21-,22+,23+/m0/s1. The van der Waals surface area contributed by atoms with E-state index < -0.39 is 29.2 Å². The van der Waals surface area contributed by atoms with E-state index in [2.05, 4.69) is 12.1 Å². The Hall–Kier alpha value is -3.74. The summed E-state index contributed by atoms with van der Waals surface area (Å²) in [5.74, 6) is -1.31. The monoisotopic (exact) mass is 425 g/mol. The van der Waals surface area contributed by atoms with Gasteiger partial charge >= 0.3 is 0 Å². The topological polar surface area (TPSA) is 67.9 Å². The summed E-state index contributed by atoms with van der Waals surface area (Å²) in [7, 11) is 0. The maximum Gasteiger partial charge on any atom is 0.195 e. The minimum absolute atomic E-state index is 0.146. The number of ketones is 1. The van der Waals surface area contributed by atoms with Crippen LogP contribution in [0.5, 0.6) is 0 Å². The Bertz CT molecular complexity index is 1250. The molecular weight excluding hydrogens is 409 g/mol. The predicted octanol–water partition coefficient (Wildman–Crippen LogP) is 5.17. The van der Waals surface area contributed by atoms with Crippen LogP contribution in [0.4, 0.5) is 10.1 Å². The van der Waals surface area contributed by atoms with Crippen molar-refractivity contribution < 1.29 is 9.18 Å². The molecule has 0 radical (unpaired) electrons. The maximum atomic E-state index is 13.8. The van der Waals surface area contributed by atoms with Crippen LogP contribution < -0.4 is 4.90 Å². The van der Waals surface area contributed by atoms with E-state index in [1.165, 1.54) is 23.5 Å². The van der Waals surface area contributed by atoms with Gasteiger partial charge in [-0.25, -0.2) is 4.39 Å². The van der Waals surface area contributed by atoms with Gasteiger partial charge in [0, 0.05) is 11.6 Å². The van der Waals surface area contributed by atoms with Crippen LogP contribution in [0, 0.1) is 33.9 Å². The fourth-order valence-electron chi connectivity index (χ4n) is 4.84. The number of nitrogens with zero attached hydrogens (tertiary/aromatic N) is 3. The first-order chi connectivity index (χ1) is 15.1. The number of Topliss-reactive ketones (excluding diaryl/α,β-unsaturated/α-hetero) is 1. The Balaban J connectivity index is 1.79. The number of benzene rings is 2.